The zero-order chi connectivity index (χ0) is 16.7. The number of pyridine rings is 1. The zero-order valence-corrected chi connectivity index (χ0v) is 14.4. The monoisotopic (exact) mass is 374 g/mol. The molecule has 0 amide bonds. The maximum absolute atomic E-state index is 14.0. The molecular weight excluding hydrogens is 355 g/mol. The van der Waals surface area contributed by atoms with Crippen LogP contribution in [0.25, 0.3) is 0 Å². The number of aromatic nitrogens is 1. The molecule has 122 valence electrons. The lowest BCUT2D eigenvalue weighted by atomic mass is 9.94. The fourth-order valence-electron chi connectivity index (χ4n) is 2.78. The number of aliphatic hydroxyl groups is 1. The second-order valence-corrected chi connectivity index (χ2v) is 6.79. The predicted octanol–water partition coefficient (Wildman–Crippen LogP) is 2.91. The summed E-state index contributed by atoms with van der Waals surface area (Å²) in [5, 5.41) is 19.2. The van der Waals surface area contributed by atoms with E-state index in [0.29, 0.717) is 47.5 Å². The van der Waals surface area contributed by atoms with Crippen molar-refractivity contribution >= 4 is 27.6 Å². The molecular formula is C15H20BrFN2O3. The van der Waals surface area contributed by atoms with Crippen molar-refractivity contribution in [3.05, 3.63) is 21.4 Å². The van der Waals surface area contributed by atoms with Crippen LogP contribution in [0.3, 0.4) is 0 Å². The Balaban J connectivity index is 2.51. The van der Waals surface area contributed by atoms with Gasteiger partial charge >= 0.3 is 5.97 Å². The third-order valence-electron chi connectivity index (χ3n) is 4.14. The van der Waals surface area contributed by atoms with Gasteiger partial charge in [0, 0.05) is 24.3 Å². The summed E-state index contributed by atoms with van der Waals surface area (Å²) in [6.07, 6.45) is -0.927. The largest absolute Gasteiger partial charge is 0.479 e. The van der Waals surface area contributed by atoms with E-state index in [-0.39, 0.29) is 5.56 Å². The van der Waals surface area contributed by atoms with Crippen molar-refractivity contribution in [3.8, 4) is 0 Å². The minimum absolute atomic E-state index is 0.271. The van der Waals surface area contributed by atoms with Gasteiger partial charge in [0.2, 0.25) is 0 Å². The lowest BCUT2D eigenvalue weighted by Crippen LogP contribution is -2.41. The van der Waals surface area contributed by atoms with Crippen molar-refractivity contribution in [2.75, 3.05) is 18.0 Å². The summed E-state index contributed by atoms with van der Waals surface area (Å²) in [5.41, 5.74) is 0.857. The number of carboxylic acids is 1. The molecule has 0 bridgehead atoms. The van der Waals surface area contributed by atoms with E-state index in [4.69, 9.17) is 5.11 Å². The average Bonchev–Trinajstić information content (AvgIpc) is 2.42. The van der Waals surface area contributed by atoms with Crippen LogP contribution in [0.5, 0.6) is 0 Å². The average molecular weight is 375 g/mol. The molecule has 0 aliphatic carbocycles. The fraction of sp³-hybridized carbons (Fsp3) is 0.600. The molecule has 1 aliphatic rings. The maximum Gasteiger partial charge on any atom is 0.337 e. The lowest BCUT2D eigenvalue weighted by molar-refractivity contribution is -0.147. The van der Waals surface area contributed by atoms with E-state index in [1.807, 2.05) is 4.90 Å². The third kappa shape index (κ3) is 3.25. The summed E-state index contributed by atoms with van der Waals surface area (Å²) in [5.74, 6) is -1.32. The van der Waals surface area contributed by atoms with E-state index in [0.717, 1.165) is 0 Å². The first-order chi connectivity index (χ1) is 10.1. The van der Waals surface area contributed by atoms with E-state index in [9.17, 15) is 14.3 Å². The predicted molar refractivity (Wildman–Crippen MR) is 85.0 cm³/mol. The highest BCUT2D eigenvalue weighted by Crippen LogP contribution is 2.40. The van der Waals surface area contributed by atoms with Crippen LogP contribution < -0.4 is 4.90 Å². The topological polar surface area (TPSA) is 73.7 Å². The summed E-state index contributed by atoms with van der Waals surface area (Å²) in [6, 6.07) is 0. The number of piperidine rings is 1. The van der Waals surface area contributed by atoms with Crippen LogP contribution >= 0.6 is 15.9 Å². The van der Waals surface area contributed by atoms with Gasteiger partial charge in [-0.25, -0.2) is 9.18 Å². The van der Waals surface area contributed by atoms with E-state index >= 15 is 0 Å². The van der Waals surface area contributed by atoms with Gasteiger partial charge in [0.15, 0.2) is 6.10 Å². The molecule has 1 saturated heterocycles. The summed E-state index contributed by atoms with van der Waals surface area (Å²) < 4.78 is 14.7. The van der Waals surface area contributed by atoms with Crippen LogP contribution in [0.15, 0.2) is 4.47 Å². The van der Waals surface area contributed by atoms with Gasteiger partial charge in [-0.3, -0.25) is 4.98 Å². The van der Waals surface area contributed by atoms with Crippen LogP contribution in [0.2, 0.25) is 0 Å². The molecule has 1 fully saturated rings. The van der Waals surface area contributed by atoms with Gasteiger partial charge in [-0.1, -0.05) is 0 Å². The molecule has 5 nitrogen and oxygen atoms in total. The number of hydrogen-bond donors (Lipinski definition) is 2. The molecule has 7 heteroatoms. The number of rotatable bonds is 3. The molecule has 1 aromatic rings. The Morgan fingerprint density at radius 1 is 1.36 bits per heavy atom. The minimum atomic E-state index is -1.65. The number of nitrogens with zero attached hydrogens (tertiary/aromatic N) is 2. The van der Waals surface area contributed by atoms with E-state index in [2.05, 4.69) is 20.9 Å². The first-order valence-corrected chi connectivity index (χ1v) is 7.94. The number of alkyl halides is 1. The maximum atomic E-state index is 14.0. The highest BCUT2D eigenvalue weighted by molar-refractivity contribution is 9.10. The van der Waals surface area contributed by atoms with E-state index in [1.54, 1.807) is 20.8 Å². The normalized spacial score (nSPS) is 19.1. The molecule has 1 aliphatic heterocycles. The van der Waals surface area contributed by atoms with Gasteiger partial charge in [0.25, 0.3) is 0 Å². The second-order valence-electron chi connectivity index (χ2n) is 6.00. The number of aliphatic hydroxyl groups excluding tert-OH is 1. The molecule has 0 radical (unpaired) electrons. The molecule has 1 aromatic heterocycles. The first kappa shape index (κ1) is 17.1. The number of carboxylic acid groups (broad SMARTS) is 1. The van der Waals surface area contributed by atoms with Crippen molar-refractivity contribution in [2.24, 2.45) is 0 Å². The number of aryl methyl sites for hydroxylation is 2. The van der Waals surface area contributed by atoms with E-state index in [1.165, 1.54) is 0 Å². The molecule has 2 heterocycles. The van der Waals surface area contributed by atoms with Crippen molar-refractivity contribution in [1.29, 1.82) is 0 Å². The van der Waals surface area contributed by atoms with Crippen LogP contribution in [-0.4, -0.2) is 39.9 Å². The summed E-state index contributed by atoms with van der Waals surface area (Å²) in [7, 11) is 0. The van der Waals surface area contributed by atoms with Gasteiger partial charge in [-0.2, -0.15) is 0 Å². The molecule has 0 saturated carbocycles. The lowest BCUT2D eigenvalue weighted by Gasteiger charge is -2.37. The van der Waals surface area contributed by atoms with Gasteiger partial charge in [0.1, 0.15) is 5.67 Å². The van der Waals surface area contributed by atoms with Crippen molar-refractivity contribution in [2.45, 2.75) is 45.4 Å². The number of halogens is 2. The Labute approximate surface area is 137 Å². The summed E-state index contributed by atoms with van der Waals surface area (Å²) in [6.45, 7) is 5.99. The molecule has 0 aromatic carbocycles. The van der Waals surface area contributed by atoms with E-state index < -0.39 is 17.7 Å². The zero-order valence-electron chi connectivity index (χ0n) is 12.9. The Morgan fingerprint density at radius 2 is 1.91 bits per heavy atom. The highest BCUT2D eigenvalue weighted by atomic mass is 79.9. The van der Waals surface area contributed by atoms with Crippen molar-refractivity contribution in [3.63, 3.8) is 0 Å². The third-order valence-corrected chi connectivity index (χ3v) is 5.08. The highest BCUT2D eigenvalue weighted by Gasteiger charge is 2.34. The Bertz CT molecular complexity index is 597. The summed E-state index contributed by atoms with van der Waals surface area (Å²) >= 11 is 3.44. The smallest absolute Gasteiger partial charge is 0.337 e. The molecule has 2 rings (SSSR count). The summed E-state index contributed by atoms with van der Waals surface area (Å²) in [4.78, 5) is 17.4. The number of aliphatic carboxylic acids is 1. The van der Waals surface area contributed by atoms with Gasteiger partial charge in [-0.15, -0.1) is 0 Å². The van der Waals surface area contributed by atoms with Crippen molar-refractivity contribution in [1.82, 2.24) is 4.98 Å². The molecule has 2 N–H and O–H groups in total. The molecule has 1 unspecified atom stereocenters. The Morgan fingerprint density at radius 3 is 2.41 bits per heavy atom. The second kappa shape index (κ2) is 6.12. The SMILES string of the molecule is Cc1nc(C)c(C(O)C(=O)O)c(N2CCC(C)(F)CC2)c1Br. The number of hydrogen-bond acceptors (Lipinski definition) is 4. The van der Waals surface area contributed by atoms with Crippen molar-refractivity contribution < 1.29 is 19.4 Å². The Hall–Kier alpha value is -1.21. The first-order valence-electron chi connectivity index (χ1n) is 7.15. The minimum Gasteiger partial charge on any atom is -0.479 e. The van der Waals surface area contributed by atoms with Gasteiger partial charge in [0.05, 0.1) is 15.9 Å². The van der Waals surface area contributed by atoms with Crippen LogP contribution in [0.4, 0.5) is 10.1 Å². The molecule has 1 atom stereocenters. The van der Waals surface area contributed by atoms with Gasteiger partial charge in [-0.05, 0) is 49.5 Å². The molecule has 0 spiro atoms. The Kier molecular flexibility index (Phi) is 4.77. The fourth-order valence-corrected chi connectivity index (χ4v) is 3.33. The standard InChI is InChI=1S/C15H20BrFN2O3/c1-8-10(13(20)14(21)22)12(11(16)9(2)18-8)19-6-4-15(3,17)5-7-19/h13,20H,4-7H2,1-3H3,(H,21,22). The van der Waals surface area contributed by atoms with Crippen LogP contribution in [0, 0.1) is 13.8 Å². The quantitative estimate of drug-likeness (QED) is 0.850. The van der Waals surface area contributed by atoms with Gasteiger partial charge < -0.3 is 15.1 Å². The number of carbonyl (C=O) groups is 1. The number of anilines is 1. The van der Waals surface area contributed by atoms with Crippen LogP contribution in [-0.2, 0) is 4.79 Å². The molecule has 22 heavy (non-hydrogen) atoms. The van der Waals surface area contributed by atoms with Crippen LogP contribution in [0.1, 0.15) is 42.8 Å².